The molecule has 1 aliphatic heterocycles. The van der Waals surface area contributed by atoms with Gasteiger partial charge in [0.25, 0.3) is 0 Å². The van der Waals surface area contributed by atoms with Gasteiger partial charge in [-0.2, -0.15) is 0 Å². The van der Waals surface area contributed by atoms with Gasteiger partial charge in [0.1, 0.15) is 5.82 Å². The van der Waals surface area contributed by atoms with Crippen molar-refractivity contribution in [1.82, 2.24) is 5.32 Å². The molecule has 2 atom stereocenters. The van der Waals surface area contributed by atoms with Crippen LogP contribution in [-0.4, -0.2) is 30.1 Å². The van der Waals surface area contributed by atoms with Crippen molar-refractivity contribution in [2.24, 2.45) is 11.8 Å². The fraction of sp³-hybridized carbons (Fsp3) is 0.385. The van der Waals surface area contributed by atoms with Crippen LogP contribution in [0.1, 0.15) is 17.3 Å². The quantitative estimate of drug-likeness (QED) is 0.771. The minimum absolute atomic E-state index is 0.123. The molecule has 0 aliphatic carbocycles. The molecule has 1 aromatic rings. The molecule has 0 unspecified atom stereocenters. The molecular weight excluding hydrogens is 251 g/mol. The summed E-state index contributed by atoms with van der Waals surface area (Å²) in [6.45, 7) is 3.27. The molecular formula is C13H15FN2O3. The number of benzene rings is 1. The summed E-state index contributed by atoms with van der Waals surface area (Å²) in [6.07, 6.45) is 0. The van der Waals surface area contributed by atoms with E-state index in [0.717, 1.165) is 18.7 Å². The predicted octanol–water partition coefficient (Wildman–Crippen LogP) is 1.32. The fourth-order valence-electron chi connectivity index (χ4n) is 2.19. The van der Waals surface area contributed by atoms with Gasteiger partial charge in [-0.05, 0) is 30.7 Å². The molecule has 1 amide bonds. The van der Waals surface area contributed by atoms with Gasteiger partial charge in [-0.3, -0.25) is 4.79 Å². The van der Waals surface area contributed by atoms with Crippen LogP contribution in [0.25, 0.3) is 0 Å². The summed E-state index contributed by atoms with van der Waals surface area (Å²) in [5.41, 5.74) is -0.120. The lowest BCUT2D eigenvalue weighted by atomic mass is 9.97. The van der Waals surface area contributed by atoms with Crippen LogP contribution in [0.5, 0.6) is 0 Å². The van der Waals surface area contributed by atoms with Gasteiger partial charge in [-0.1, -0.05) is 6.92 Å². The topological polar surface area (TPSA) is 78.4 Å². The molecule has 3 N–H and O–H groups in total. The molecule has 1 fully saturated rings. The SMILES string of the molecule is C[C@@H]1CNC[C@H]1C(=O)Nc1ccc(F)cc1C(=O)O. The number of halogens is 1. The normalized spacial score (nSPS) is 22.2. The Kier molecular flexibility index (Phi) is 3.80. The summed E-state index contributed by atoms with van der Waals surface area (Å²) in [5.74, 6) is -2.18. The molecule has 0 radical (unpaired) electrons. The summed E-state index contributed by atoms with van der Waals surface area (Å²) >= 11 is 0. The van der Waals surface area contributed by atoms with E-state index in [9.17, 15) is 14.0 Å². The maximum atomic E-state index is 13.0. The minimum atomic E-state index is -1.27. The molecule has 1 heterocycles. The Morgan fingerprint density at radius 2 is 2.16 bits per heavy atom. The van der Waals surface area contributed by atoms with Crippen LogP contribution in [0, 0.1) is 17.7 Å². The van der Waals surface area contributed by atoms with Crippen LogP contribution in [0.2, 0.25) is 0 Å². The lowest BCUT2D eigenvalue weighted by Gasteiger charge is -2.15. The third-order valence-corrected chi connectivity index (χ3v) is 3.32. The van der Waals surface area contributed by atoms with Gasteiger partial charge >= 0.3 is 5.97 Å². The third-order valence-electron chi connectivity index (χ3n) is 3.32. The van der Waals surface area contributed by atoms with Crippen LogP contribution in [-0.2, 0) is 4.79 Å². The Morgan fingerprint density at radius 3 is 2.74 bits per heavy atom. The van der Waals surface area contributed by atoms with Gasteiger partial charge < -0.3 is 15.7 Å². The average molecular weight is 266 g/mol. The number of carbonyl (C=O) groups excluding carboxylic acids is 1. The van der Waals surface area contributed by atoms with Crippen molar-refractivity contribution in [2.45, 2.75) is 6.92 Å². The zero-order valence-electron chi connectivity index (χ0n) is 10.4. The molecule has 0 saturated carbocycles. The summed E-state index contributed by atoms with van der Waals surface area (Å²) in [6, 6.07) is 3.29. The molecule has 1 aliphatic rings. The predicted molar refractivity (Wildman–Crippen MR) is 67.5 cm³/mol. The summed E-state index contributed by atoms with van der Waals surface area (Å²) in [5, 5.41) is 14.7. The lowest BCUT2D eigenvalue weighted by molar-refractivity contribution is -0.120. The molecule has 6 heteroatoms. The maximum Gasteiger partial charge on any atom is 0.337 e. The third kappa shape index (κ3) is 2.90. The Morgan fingerprint density at radius 1 is 1.42 bits per heavy atom. The highest BCUT2D eigenvalue weighted by Gasteiger charge is 2.30. The Balaban J connectivity index is 2.19. The van der Waals surface area contributed by atoms with Crippen LogP contribution in [0.15, 0.2) is 18.2 Å². The largest absolute Gasteiger partial charge is 0.478 e. The monoisotopic (exact) mass is 266 g/mol. The zero-order chi connectivity index (χ0) is 14.0. The van der Waals surface area contributed by atoms with E-state index >= 15 is 0 Å². The first-order chi connectivity index (χ1) is 8.99. The number of carbonyl (C=O) groups is 2. The van der Waals surface area contributed by atoms with E-state index in [1.165, 1.54) is 6.07 Å². The number of amides is 1. The highest BCUT2D eigenvalue weighted by molar-refractivity contribution is 6.01. The smallest absolute Gasteiger partial charge is 0.337 e. The number of nitrogens with one attached hydrogen (secondary N) is 2. The van der Waals surface area contributed by atoms with Crippen molar-refractivity contribution in [1.29, 1.82) is 0 Å². The van der Waals surface area contributed by atoms with Crippen molar-refractivity contribution in [3.63, 3.8) is 0 Å². The Hall–Kier alpha value is -1.95. The van der Waals surface area contributed by atoms with E-state index in [0.29, 0.717) is 6.54 Å². The summed E-state index contributed by atoms with van der Waals surface area (Å²) in [7, 11) is 0. The van der Waals surface area contributed by atoms with E-state index in [2.05, 4.69) is 10.6 Å². The van der Waals surface area contributed by atoms with E-state index in [4.69, 9.17) is 5.11 Å². The van der Waals surface area contributed by atoms with Gasteiger partial charge in [0, 0.05) is 6.54 Å². The van der Waals surface area contributed by atoms with Crippen molar-refractivity contribution >= 4 is 17.6 Å². The van der Waals surface area contributed by atoms with Crippen LogP contribution in [0.4, 0.5) is 10.1 Å². The van der Waals surface area contributed by atoms with Crippen molar-refractivity contribution in [3.05, 3.63) is 29.6 Å². The molecule has 5 nitrogen and oxygen atoms in total. The molecule has 0 bridgehead atoms. The maximum absolute atomic E-state index is 13.0. The van der Waals surface area contributed by atoms with E-state index in [-0.39, 0.29) is 29.0 Å². The van der Waals surface area contributed by atoms with Crippen LogP contribution >= 0.6 is 0 Å². The second kappa shape index (κ2) is 5.36. The van der Waals surface area contributed by atoms with Gasteiger partial charge in [0.15, 0.2) is 0 Å². The van der Waals surface area contributed by atoms with Gasteiger partial charge in [-0.25, -0.2) is 9.18 Å². The van der Waals surface area contributed by atoms with Gasteiger partial charge in [-0.15, -0.1) is 0 Å². The van der Waals surface area contributed by atoms with Crippen molar-refractivity contribution < 1.29 is 19.1 Å². The average Bonchev–Trinajstić information content (AvgIpc) is 2.77. The highest BCUT2D eigenvalue weighted by atomic mass is 19.1. The molecule has 0 spiro atoms. The fourth-order valence-corrected chi connectivity index (χ4v) is 2.19. The first-order valence-electron chi connectivity index (χ1n) is 6.03. The number of carboxylic acid groups (broad SMARTS) is 1. The zero-order valence-corrected chi connectivity index (χ0v) is 10.4. The lowest BCUT2D eigenvalue weighted by Crippen LogP contribution is -2.28. The van der Waals surface area contributed by atoms with E-state index in [1.54, 1.807) is 0 Å². The van der Waals surface area contributed by atoms with E-state index in [1.807, 2.05) is 6.92 Å². The minimum Gasteiger partial charge on any atom is -0.478 e. The number of aromatic carboxylic acids is 1. The molecule has 102 valence electrons. The van der Waals surface area contributed by atoms with Gasteiger partial charge in [0.05, 0.1) is 17.2 Å². The summed E-state index contributed by atoms with van der Waals surface area (Å²) < 4.78 is 13.0. The first-order valence-corrected chi connectivity index (χ1v) is 6.03. The van der Waals surface area contributed by atoms with Crippen LogP contribution in [0.3, 0.4) is 0 Å². The Labute approximate surface area is 109 Å². The Bertz CT molecular complexity index is 519. The first kappa shape index (κ1) is 13.5. The standard InChI is InChI=1S/C13H15FN2O3/c1-7-5-15-6-10(7)12(17)16-11-3-2-8(14)4-9(11)13(18)19/h2-4,7,10,15H,5-6H2,1H3,(H,16,17)(H,18,19)/t7-,10-/m1/s1. The second-order valence-corrected chi connectivity index (χ2v) is 4.73. The van der Waals surface area contributed by atoms with E-state index < -0.39 is 11.8 Å². The highest BCUT2D eigenvalue weighted by Crippen LogP contribution is 2.21. The van der Waals surface area contributed by atoms with Crippen molar-refractivity contribution in [3.8, 4) is 0 Å². The number of carboxylic acids is 1. The van der Waals surface area contributed by atoms with Crippen LogP contribution < -0.4 is 10.6 Å². The molecule has 1 aromatic carbocycles. The number of rotatable bonds is 3. The second-order valence-electron chi connectivity index (χ2n) is 4.73. The number of hydrogen-bond acceptors (Lipinski definition) is 3. The van der Waals surface area contributed by atoms with Crippen molar-refractivity contribution in [2.75, 3.05) is 18.4 Å². The number of hydrogen-bond donors (Lipinski definition) is 3. The summed E-state index contributed by atoms with van der Waals surface area (Å²) in [4.78, 5) is 23.1. The number of anilines is 1. The molecule has 1 saturated heterocycles. The molecule has 2 rings (SSSR count). The molecule has 0 aromatic heterocycles. The van der Waals surface area contributed by atoms with Gasteiger partial charge in [0.2, 0.25) is 5.91 Å². The molecule has 19 heavy (non-hydrogen) atoms.